The molecule has 1 fully saturated rings. The number of hydrogen-bond donors (Lipinski definition) is 0. The molecule has 1 aliphatic heterocycles. The number of halogens is 1. The molecule has 0 aliphatic carbocycles. The first-order valence-corrected chi connectivity index (χ1v) is 10.1. The summed E-state index contributed by atoms with van der Waals surface area (Å²) >= 11 is 6.21. The molecule has 0 unspecified atom stereocenters. The molecule has 0 aromatic heterocycles. The monoisotopic (exact) mass is 385 g/mol. The molecule has 144 valence electrons. The second kappa shape index (κ2) is 8.79. The molecule has 27 heavy (non-hydrogen) atoms. The first kappa shape index (κ1) is 19.8. The summed E-state index contributed by atoms with van der Waals surface area (Å²) in [6, 6.07) is 14.4. The van der Waals surface area contributed by atoms with E-state index in [2.05, 4.69) is 30.3 Å². The summed E-state index contributed by atoms with van der Waals surface area (Å²) in [6.07, 6.45) is 2.70. The largest absolute Gasteiger partial charge is 0.481 e. The molecular weight excluding hydrogens is 358 g/mol. The first-order chi connectivity index (χ1) is 12.9. The summed E-state index contributed by atoms with van der Waals surface area (Å²) in [5, 5.41) is 0.752. The maximum Gasteiger partial charge on any atom is 0.263 e. The molecule has 0 spiro atoms. The van der Waals surface area contributed by atoms with Gasteiger partial charge in [0.2, 0.25) is 0 Å². The van der Waals surface area contributed by atoms with E-state index in [-0.39, 0.29) is 5.91 Å². The summed E-state index contributed by atoms with van der Waals surface area (Å²) < 4.78 is 5.92. The number of likely N-dealkylation sites (tertiary alicyclic amines) is 1. The lowest BCUT2D eigenvalue weighted by Gasteiger charge is -2.33. The number of benzene rings is 2. The Kier molecular flexibility index (Phi) is 6.43. The predicted octanol–water partition coefficient (Wildman–Crippen LogP) is 5.21. The summed E-state index contributed by atoms with van der Waals surface area (Å²) in [5.74, 6) is 1.42. The van der Waals surface area contributed by atoms with Gasteiger partial charge in [-0.1, -0.05) is 41.9 Å². The molecule has 0 saturated carbocycles. The Balaban J connectivity index is 1.52. The first-order valence-electron chi connectivity index (χ1n) is 9.70. The van der Waals surface area contributed by atoms with E-state index in [1.165, 1.54) is 5.56 Å². The normalized spacial score (nSPS) is 16.2. The molecule has 3 nitrogen and oxygen atoms in total. The van der Waals surface area contributed by atoms with Crippen LogP contribution in [0.3, 0.4) is 0 Å². The van der Waals surface area contributed by atoms with E-state index in [0.29, 0.717) is 11.7 Å². The quantitative estimate of drug-likeness (QED) is 0.707. The van der Waals surface area contributed by atoms with Crippen LogP contribution >= 0.6 is 11.6 Å². The SMILES string of the molecule is Cc1cc(O[C@@H](C)C(=O)N2CCC(Cc3ccccc3)CC2)cc(C)c1Cl. The van der Waals surface area contributed by atoms with Crippen LogP contribution in [0.2, 0.25) is 5.02 Å². The standard InChI is InChI=1S/C23H28ClNO2/c1-16-13-21(14-17(2)22(16)24)27-18(3)23(26)25-11-9-20(10-12-25)15-19-7-5-4-6-8-19/h4-8,13-14,18,20H,9-12,15H2,1-3H3/t18-/m0/s1. The smallest absolute Gasteiger partial charge is 0.263 e. The van der Waals surface area contributed by atoms with Crippen LogP contribution in [0.5, 0.6) is 5.75 Å². The van der Waals surface area contributed by atoms with Crippen molar-refractivity contribution >= 4 is 17.5 Å². The maximum atomic E-state index is 12.8. The van der Waals surface area contributed by atoms with Gasteiger partial charge in [0, 0.05) is 18.1 Å². The van der Waals surface area contributed by atoms with Crippen LogP contribution in [0.25, 0.3) is 0 Å². The zero-order valence-corrected chi connectivity index (χ0v) is 17.1. The third kappa shape index (κ3) is 5.04. The van der Waals surface area contributed by atoms with Crippen LogP contribution < -0.4 is 4.74 Å². The topological polar surface area (TPSA) is 29.5 Å². The van der Waals surface area contributed by atoms with Crippen molar-refractivity contribution in [2.45, 2.75) is 46.1 Å². The van der Waals surface area contributed by atoms with E-state index in [1.54, 1.807) is 0 Å². The van der Waals surface area contributed by atoms with Crippen LogP contribution in [0, 0.1) is 19.8 Å². The van der Waals surface area contributed by atoms with Crippen molar-refractivity contribution in [3.8, 4) is 5.75 Å². The van der Waals surface area contributed by atoms with Gasteiger partial charge >= 0.3 is 0 Å². The van der Waals surface area contributed by atoms with Crippen LogP contribution in [-0.4, -0.2) is 30.0 Å². The van der Waals surface area contributed by atoms with E-state index in [0.717, 1.165) is 48.5 Å². The fraction of sp³-hybridized carbons (Fsp3) is 0.435. The molecule has 0 bridgehead atoms. The van der Waals surface area contributed by atoms with E-state index in [1.807, 2.05) is 37.8 Å². The van der Waals surface area contributed by atoms with Gasteiger partial charge in [-0.3, -0.25) is 4.79 Å². The Hall–Kier alpha value is -2.00. The minimum atomic E-state index is -0.490. The number of hydrogen-bond acceptors (Lipinski definition) is 2. The molecule has 1 aliphatic rings. The average molecular weight is 386 g/mol. The molecule has 0 radical (unpaired) electrons. The van der Waals surface area contributed by atoms with Gasteiger partial charge in [0.1, 0.15) is 5.75 Å². The highest BCUT2D eigenvalue weighted by molar-refractivity contribution is 6.32. The molecule has 3 rings (SSSR count). The minimum absolute atomic E-state index is 0.0680. The van der Waals surface area contributed by atoms with Crippen LogP contribution in [0.15, 0.2) is 42.5 Å². The number of carbonyl (C=O) groups excluding carboxylic acids is 1. The molecule has 2 aromatic carbocycles. The summed E-state index contributed by atoms with van der Waals surface area (Å²) in [7, 11) is 0. The van der Waals surface area contributed by atoms with E-state index >= 15 is 0 Å². The van der Waals surface area contributed by atoms with Gasteiger partial charge in [0.15, 0.2) is 6.10 Å². The Morgan fingerprint density at radius 1 is 1.15 bits per heavy atom. The van der Waals surface area contributed by atoms with Crippen molar-refractivity contribution < 1.29 is 9.53 Å². The van der Waals surface area contributed by atoms with Crippen molar-refractivity contribution in [3.63, 3.8) is 0 Å². The average Bonchev–Trinajstić information content (AvgIpc) is 2.67. The summed E-state index contributed by atoms with van der Waals surface area (Å²) in [6.45, 7) is 7.35. The Morgan fingerprint density at radius 2 is 1.74 bits per heavy atom. The molecule has 2 aromatic rings. The minimum Gasteiger partial charge on any atom is -0.481 e. The highest BCUT2D eigenvalue weighted by atomic mass is 35.5. The molecule has 1 saturated heterocycles. The number of aryl methyl sites for hydroxylation is 2. The van der Waals surface area contributed by atoms with Gasteiger partial charge in [0.25, 0.3) is 5.91 Å². The Labute approximate surface area is 167 Å². The Bertz CT molecular complexity index is 759. The van der Waals surface area contributed by atoms with Gasteiger partial charge in [-0.25, -0.2) is 0 Å². The molecule has 1 amide bonds. The van der Waals surface area contributed by atoms with Gasteiger partial charge in [-0.05, 0) is 74.8 Å². The van der Waals surface area contributed by atoms with Crippen LogP contribution in [0.1, 0.15) is 36.5 Å². The van der Waals surface area contributed by atoms with Crippen LogP contribution in [0.4, 0.5) is 0 Å². The van der Waals surface area contributed by atoms with Crippen molar-refractivity contribution in [3.05, 3.63) is 64.2 Å². The molecule has 4 heteroatoms. The molecule has 0 N–H and O–H groups in total. The molecular formula is C23H28ClNO2. The zero-order valence-electron chi connectivity index (χ0n) is 16.4. The van der Waals surface area contributed by atoms with E-state index < -0.39 is 6.10 Å². The van der Waals surface area contributed by atoms with E-state index in [9.17, 15) is 4.79 Å². The van der Waals surface area contributed by atoms with Crippen molar-refractivity contribution in [1.29, 1.82) is 0 Å². The number of nitrogens with zero attached hydrogens (tertiary/aromatic N) is 1. The second-order valence-corrected chi connectivity index (χ2v) is 7.97. The third-order valence-corrected chi connectivity index (χ3v) is 5.96. The predicted molar refractivity (Wildman–Crippen MR) is 110 cm³/mol. The maximum absolute atomic E-state index is 12.8. The lowest BCUT2D eigenvalue weighted by molar-refractivity contribution is -0.139. The van der Waals surface area contributed by atoms with Gasteiger partial charge < -0.3 is 9.64 Å². The Morgan fingerprint density at radius 3 is 2.33 bits per heavy atom. The molecule has 1 heterocycles. The number of ether oxygens (including phenoxy) is 1. The van der Waals surface area contributed by atoms with Crippen molar-refractivity contribution in [2.75, 3.05) is 13.1 Å². The van der Waals surface area contributed by atoms with Crippen molar-refractivity contribution in [1.82, 2.24) is 4.90 Å². The van der Waals surface area contributed by atoms with Gasteiger partial charge in [-0.15, -0.1) is 0 Å². The third-order valence-electron chi connectivity index (χ3n) is 5.36. The molecule has 1 atom stereocenters. The highest BCUT2D eigenvalue weighted by Crippen LogP contribution is 2.27. The number of piperidine rings is 1. The fourth-order valence-corrected chi connectivity index (χ4v) is 3.90. The number of rotatable bonds is 5. The van der Waals surface area contributed by atoms with Gasteiger partial charge in [-0.2, -0.15) is 0 Å². The van der Waals surface area contributed by atoms with Crippen LogP contribution in [-0.2, 0) is 11.2 Å². The highest BCUT2D eigenvalue weighted by Gasteiger charge is 2.27. The zero-order chi connectivity index (χ0) is 19.4. The number of carbonyl (C=O) groups is 1. The van der Waals surface area contributed by atoms with Crippen molar-refractivity contribution in [2.24, 2.45) is 5.92 Å². The summed E-state index contributed by atoms with van der Waals surface area (Å²) in [4.78, 5) is 14.7. The van der Waals surface area contributed by atoms with E-state index in [4.69, 9.17) is 16.3 Å². The lowest BCUT2D eigenvalue weighted by Crippen LogP contribution is -2.45. The lowest BCUT2D eigenvalue weighted by atomic mass is 9.90. The number of amides is 1. The fourth-order valence-electron chi connectivity index (χ4n) is 3.79. The van der Waals surface area contributed by atoms with Gasteiger partial charge in [0.05, 0.1) is 0 Å². The second-order valence-electron chi connectivity index (χ2n) is 7.59. The summed E-state index contributed by atoms with van der Waals surface area (Å²) in [5.41, 5.74) is 3.31.